The smallest absolute Gasteiger partial charge is 0.347 e. The van der Waals surface area contributed by atoms with Crippen LogP contribution < -0.4 is 16.0 Å². The summed E-state index contributed by atoms with van der Waals surface area (Å²) in [6.45, 7) is 7.43. The summed E-state index contributed by atoms with van der Waals surface area (Å²) >= 11 is 7.16. The summed E-state index contributed by atoms with van der Waals surface area (Å²) in [5, 5.41) is 7.95. The van der Waals surface area contributed by atoms with Crippen LogP contribution in [0.3, 0.4) is 0 Å². The number of fused-ring (bicyclic) bond motifs is 1. The summed E-state index contributed by atoms with van der Waals surface area (Å²) in [4.78, 5) is 169. The molecule has 5 rings (SSSR count). The van der Waals surface area contributed by atoms with Gasteiger partial charge in [-0.05, 0) is 80.5 Å². The number of hydrogen-bond acceptors (Lipinski definition) is 12. The number of halogens is 4. The van der Waals surface area contributed by atoms with E-state index in [9.17, 15) is 56.3 Å². The summed E-state index contributed by atoms with van der Waals surface area (Å²) in [6, 6.07) is 3.08. The maximum atomic E-state index is 15.2. The Labute approximate surface area is 536 Å². The van der Waals surface area contributed by atoms with Gasteiger partial charge in [-0.25, -0.2) is 0 Å². The molecule has 11 amide bonds. The molecule has 2 aromatic carbocycles. The molecule has 22 nitrogen and oxygen atoms in total. The molecule has 498 valence electrons. The van der Waals surface area contributed by atoms with Gasteiger partial charge in [0.15, 0.2) is 0 Å². The van der Waals surface area contributed by atoms with E-state index in [1.165, 1.54) is 82.0 Å². The van der Waals surface area contributed by atoms with Gasteiger partial charge in [-0.2, -0.15) is 13.2 Å². The highest BCUT2D eigenvalue weighted by molar-refractivity contribution is 8.00. The van der Waals surface area contributed by atoms with Crippen molar-refractivity contribution >= 4 is 88.3 Å². The minimum absolute atomic E-state index is 0.0375. The molecule has 3 fully saturated rings. The normalized spacial score (nSPS) is 24.3. The maximum Gasteiger partial charge on any atom is 0.417 e. The number of thioether (sulfide) groups is 1. The van der Waals surface area contributed by atoms with Gasteiger partial charge in [-0.1, -0.05) is 101 Å². The van der Waals surface area contributed by atoms with Crippen LogP contribution in [0.5, 0.6) is 0 Å². The molecule has 1 aliphatic carbocycles. The molecule has 0 bridgehead atoms. The lowest BCUT2D eigenvalue weighted by Crippen LogP contribution is -2.65. The number of likely N-dealkylation sites (N-methyl/N-ethyl adjacent to an activating group) is 7. The number of aryl methyl sites for hydroxylation is 2. The third-order valence-electron chi connectivity index (χ3n) is 17.8. The third kappa shape index (κ3) is 18.6. The number of nitrogens with zero attached hydrogens (tertiary/aromatic N) is 8. The Bertz CT molecular complexity index is 2950. The molecule has 2 heterocycles. The van der Waals surface area contributed by atoms with Gasteiger partial charge in [-0.3, -0.25) is 52.7 Å². The first-order chi connectivity index (χ1) is 42.2. The molecular weight excluding hydrogens is 1210 g/mol. The largest absolute Gasteiger partial charge is 0.417 e. The second-order valence-electron chi connectivity index (χ2n) is 24.7. The molecule has 0 aromatic heterocycles. The highest BCUT2D eigenvalue weighted by Gasteiger charge is 2.50. The molecule has 2 saturated heterocycles. The van der Waals surface area contributed by atoms with Gasteiger partial charge >= 0.3 is 6.18 Å². The molecule has 90 heavy (non-hydrogen) atoms. The zero-order valence-corrected chi connectivity index (χ0v) is 55.7. The Morgan fingerprint density at radius 2 is 1.32 bits per heavy atom. The van der Waals surface area contributed by atoms with Crippen molar-refractivity contribution < 1.29 is 65.9 Å². The van der Waals surface area contributed by atoms with E-state index < -0.39 is 155 Å². The Morgan fingerprint density at radius 1 is 0.722 bits per heavy atom. The standard InChI is InChI=1S/C63H91ClF3N11O11S/c1-14-39(4)53-59(87)74(10)34-51(81)72(8)35-52(82)75(11)47(32-42-22-20-38(3)21-23-42)58(86)73(9)33-49(79)68-45(27-25-41-24-26-43(44(64)31-41)63(65,66)67)56(84)78-30-18-19-46(78)55(83)70-62(28-16-17-29-62)61(89)77(13)54(40(5)15-2)60(88)76(12)48(57(85)71(6)7)36-90-37-50(80)69-53/h20-24,26,31,39-40,45-48,53-54H,14-19,25,27-30,32-37H2,1-13H3,(H,68,79)(H,69,80)(H,70,83)/t39-,40-,45-,46-,47-,48-,53-,54-/m0/s1. The van der Waals surface area contributed by atoms with Crippen LogP contribution in [0.1, 0.15) is 108 Å². The van der Waals surface area contributed by atoms with E-state index in [-0.39, 0.29) is 56.6 Å². The van der Waals surface area contributed by atoms with Crippen LogP contribution in [0.4, 0.5) is 13.2 Å². The second-order valence-corrected chi connectivity index (χ2v) is 26.1. The predicted molar refractivity (Wildman–Crippen MR) is 335 cm³/mol. The fourth-order valence-corrected chi connectivity index (χ4v) is 13.0. The predicted octanol–water partition coefficient (Wildman–Crippen LogP) is 4.02. The number of nitrogens with one attached hydrogen (secondary N) is 3. The minimum Gasteiger partial charge on any atom is -0.347 e. The van der Waals surface area contributed by atoms with E-state index in [4.69, 9.17) is 11.6 Å². The van der Waals surface area contributed by atoms with Crippen molar-refractivity contribution in [3.05, 3.63) is 69.7 Å². The summed E-state index contributed by atoms with van der Waals surface area (Å²) in [5.41, 5.74) is -0.750. The van der Waals surface area contributed by atoms with Gasteiger partial charge in [0.2, 0.25) is 65.0 Å². The zero-order valence-electron chi connectivity index (χ0n) is 54.2. The number of carbonyl (C=O) groups is 11. The number of alkyl halides is 3. The first-order valence-corrected chi connectivity index (χ1v) is 32.2. The van der Waals surface area contributed by atoms with Crippen LogP contribution in [0.2, 0.25) is 5.02 Å². The first-order valence-electron chi connectivity index (χ1n) is 30.6. The minimum atomic E-state index is -4.76. The van der Waals surface area contributed by atoms with E-state index in [2.05, 4.69) is 16.0 Å². The third-order valence-corrected chi connectivity index (χ3v) is 19.1. The van der Waals surface area contributed by atoms with Crippen molar-refractivity contribution in [1.29, 1.82) is 0 Å². The van der Waals surface area contributed by atoms with Crippen LogP contribution in [0.15, 0.2) is 42.5 Å². The first kappa shape index (κ1) is 73.8. The molecule has 0 radical (unpaired) electrons. The number of rotatable bonds is 10. The fourth-order valence-electron chi connectivity index (χ4n) is 11.7. The monoisotopic (exact) mass is 1300 g/mol. The zero-order chi connectivity index (χ0) is 67.3. The fraction of sp³-hybridized carbons (Fsp3) is 0.635. The maximum absolute atomic E-state index is 15.2. The van der Waals surface area contributed by atoms with Gasteiger partial charge in [-0.15, -0.1) is 11.8 Å². The van der Waals surface area contributed by atoms with Crippen molar-refractivity contribution in [3.63, 3.8) is 0 Å². The lowest BCUT2D eigenvalue weighted by atomic mass is 9.90. The number of amides is 11. The van der Waals surface area contributed by atoms with Gasteiger partial charge in [0, 0.05) is 75.1 Å². The van der Waals surface area contributed by atoms with Crippen LogP contribution in [-0.2, 0) is 71.8 Å². The van der Waals surface area contributed by atoms with Crippen molar-refractivity contribution in [2.45, 2.75) is 153 Å². The highest BCUT2D eigenvalue weighted by atomic mass is 35.5. The molecule has 0 unspecified atom stereocenters. The number of carbonyl (C=O) groups excluding carboxylic acids is 11. The Morgan fingerprint density at radius 3 is 1.91 bits per heavy atom. The summed E-state index contributed by atoms with van der Waals surface area (Å²) in [5.74, 6) is -8.25. The Kier molecular flexibility index (Phi) is 26.5. The molecule has 3 N–H and O–H groups in total. The SMILES string of the molecule is CC[C@H](C)[C@@H]1NC(=O)CSC[C@@H](C(=O)N(C)C)N(C)C(=O)[C@H]([C@@H](C)CC)N(C)C(=O)C2(CCCC2)NC(=O)[C@@H]2CCCN2C(=O)[C@H](CCc2ccc(C(F)(F)F)c(Cl)c2)NC(=O)CN(C)C(=O)[C@H](Cc2ccc(C)cc2)N(C)C(=O)CN(C)C(=O)CN(C)C1=O. The molecule has 8 atom stereocenters. The van der Waals surface area contributed by atoms with Crippen LogP contribution in [0, 0.1) is 18.8 Å². The molecule has 1 spiro atoms. The van der Waals surface area contributed by atoms with Gasteiger partial charge < -0.3 is 55.1 Å². The van der Waals surface area contributed by atoms with E-state index in [1.54, 1.807) is 26.0 Å². The van der Waals surface area contributed by atoms with Crippen molar-refractivity contribution in [1.82, 2.24) is 55.1 Å². The average molecular weight is 1300 g/mol. The van der Waals surface area contributed by atoms with Crippen molar-refractivity contribution in [3.8, 4) is 0 Å². The Hall–Kier alpha value is -6.96. The quantitative estimate of drug-likeness (QED) is 0.305. The van der Waals surface area contributed by atoms with Gasteiger partial charge in [0.05, 0.1) is 36.0 Å². The van der Waals surface area contributed by atoms with Crippen molar-refractivity contribution in [2.24, 2.45) is 11.8 Å². The lowest BCUT2D eigenvalue weighted by molar-refractivity contribution is -0.154. The van der Waals surface area contributed by atoms with Crippen LogP contribution in [-0.4, -0.2) is 240 Å². The van der Waals surface area contributed by atoms with Crippen LogP contribution in [0.25, 0.3) is 0 Å². The van der Waals surface area contributed by atoms with Gasteiger partial charge in [0.25, 0.3) is 0 Å². The summed E-state index contributed by atoms with van der Waals surface area (Å²) in [7, 11) is 11.4. The van der Waals surface area contributed by atoms with E-state index in [0.29, 0.717) is 43.2 Å². The number of hydrogen-bond donors (Lipinski definition) is 3. The summed E-state index contributed by atoms with van der Waals surface area (Å²) < 4.78 is 41.3. The average Bonchev–Trinajstić information content (AvgIpc) is 1.69. The number of benzene rings is 2. The molecule has 3 aliphatic rings. The van der Waals surface area contributed by atoms with E-state index >= 15 is 9.59 Å². The lowest BCUT2D eigenvalue weighted by Gasteiger charge is -2.41. The highest BCUT2D eigenvalue weighted by Crippen LogP contribution is 2.37. The van der Waals surface area contributed by atoms with E-state index in [0.717, 1.165) is 49.1 Å². The molecule has 2 aliphatic heterocycles. The van der Waals surface area contributed by atoms with Crippen LogP contribution >= 0.6 is 23.4 Å². The van der Waals surface area contributed by atoms with E-state index in [1.807, 2.05) is 32.9 Å². The molecule has 27 heteroatoms. The summed E-state index contributed by atoms with van der Waals surface area (Å²) in [6.07, 6.45) is -2.32. The van der Waals surface area contributed by atoms with Crippen molar-refractivity contribution in [2.75, 3.05) is 94.1 Å². The molecular formula is C63H91ClF3N11O11S. The topological polar surface area (TPSA) is 250 Å². The second kappa shape index (κ2) is 32.4. The Balaban J connectivity index is 1.57. The van der Waals surface area contributed by atoms with Gasteiger partial charge in [0.1, 0.15) is 41.8 Å². The molecule has 1 saturated carbocycles. The molecule has 2 aromatic rings.